The largest absolute Gasteiger partial charge is 0.338 e. The third kappa shape index (κ3) is 5.28. The average Bonchev–Trinajstić information content (AvgIpc) is 2.93. The third-order valence-electron chi connectivity index (χ3n) is 3.23. The number of benzene rings is 1. The Bertz CT molecular complexity index is 524. The minimum absolute atomic E-state index is 0.293. The second-order valence-corrected chi connectivity index (χ2v) is 5.67. The first-order chi connectivity index (χ1) is 10.2. The Morgan fingerprint density at radius 1 is 1.24 bits per heavy atom. The molecule has 1 heterocycles. The highest BCUT2D eigenvalue weighted by molar-refractivity contribution is 5.14. The minimum atomic E-state index is 0.293. The van der Waals surface area contributed by atoms with E-state index >= 15 is 0 Å². The zero-order chi connectivity index (χ0) is 15.1. The summed E-state index contributed by atoms with van der Waals surface area (Å²) in [4.78, 5) is 6.65. The fourth-order valence-corrected chi connectivity index (χ4v) is 2.32. The topological polar surface area (TPSA) is 68.2 Å². The SMILES string of the molecule is CC(C)CN(CCc1ccccc1)Cc1noc(CN)n1. The van der Waals surface area contributed by atoms with Gasteiger partial charge in [0.2, 0.25) is 5.89 Å². The summed E-state index contributed by atoms with van der Waals surface area (Å²) in [6.07, 6.45) is 1.02. The van der Waals surface area contributed by atoms with E-state index in [-0.39, 0.29) is 0 Å². The van der Waals surface area contributed by atoms with Crippen LogP contribution in [0, 0.1) is 5.92 Å². The van der Waals surface area contributed by atoms with Crippen LogP contribution in [-0.2, 0) is 19.5 Å². The quantitative estimate of drug-likeness (QED) is 0.806. The van der Waals surface area contributed by atoms with Gasteiger partial charge in [0, 0.05) is 13.1 Å². The van der Waals surface area contributed by atoms with E-state index in [0.29, 0.717) is 30.7 Å². The molecule has 21 heavy (non-hydrogen) atoms. The summed E-state index contributed by atoms with van der Waals surface area (Å²) in [6, 6.07) is 10.5. The molecule has 0 aliphatic rings. The molecule has 0 aliphatic carbocycles. The van der Waals surface area contributed by atoms with Crippen molar-refractivity contribution < 1.29 is 4.52 Å². The molecule has 0 saturated carbocycles. The molecule has 1 aromatic heterocycles. The molecule has 0 amide bonds. The molecule has 2 N–H and O–H groups in total. The van der Waals surface area contributed by atoms with Crippen molar-refractivity contribution in [1.29, 1.82) is 0 Å². The number of nitrogens with zero attached hydrogens (tertiary/aromatic N) is 3. The highest BCUT2D eigenvalue weighted by Gasteiger charge is 2.12. The molecule has 0 spiro atoms. The normalized spacial score (nSPS) is 11.5. The third-order valence-corrected chi connectivity index (χ3v) is 3.23. The molecule has 2 aromatic rings. The van der Waals surface area contributed by atoms with Crippen molar-refractivity contribution in [3.8, 4) is 0 Å². The highest BCUT2D eigenvalue weighted by atomic mass is 16.5. The van der Waals surface area contributed by atoms with Gasteiger partial charge in [0.1, 0.15) is 0 Å². The van der Waals surface area contributed by atoms with E-state index in [0.717, 1.165) is 19.5 Å². The molecular formula is C16H24N4O. The molecular weight excluding hydrogens is 264 g/mol. The minimum Gasteiger partial charge on any atom is -0.338 e. The van der Waals surface area contributed by atoms with E-state index in [4.69, 9.17) is 10.3 Å². The second-order valence-electron chi connectivity index (χ2n) is 5.67. The molecule has 0 atom stereocenters. The highest BCUT2D eigenvalue weighted by Crippen LogP contribution is 2.08. The van der Waals surface area contributed by atoms with E-state index in [1.807, 2.05) is 6.07 Å². The standard InChI is InChI=1S/C16H24N4O/c1-13(2)11-20(9-8-14-6-4-3-5-7-14)12-15-18-16(10-17)21-19-15/h3-7,13H,8-12,17H2,1-2H3. The maximum atomic E-state index is 5.50. The summed E-state index contributed by atoms with van der Waals surface area (Å²) < 4.78 is 5.07. The summed E-state index contributed by atoms with van der Waals surface area (Å²) in [5.41, 5.74) is 6.85. The molecule has 114 valence electrons. The smallest absolute Gasteiger partial charge is 0.240 e. The molecule has 0 radical (unpaired) electrons. The molecule has 0 fully saturated rings. The number of nitrogens with two attached hydrogens (primary N) is 1. The van der Waals surface area contributed by atoms with E-state index in [9.17, 15) is 0 Å². The van der Waals surface area contributed by atoms with Crippen LogP contribution in [-0.4, -0.2) is 28.1 Å². The van der Waals surface area contributed by atoms with Crippen LogP contribution in [0.5, 0.6) is 0 Å². The van der Waals surface area contributed by atoms with E-state index in [1.54, 1.807) is 0 Å². The molecule has 0 saturated heterocycles. The Morgan fingerprint density at radius 3 is 2.62 bits per heavy atom. The fraction of sp³-hybridized carbons (Fsp3) is 0.500. The van der Waals surface area contributed by atoms with Crippen LogP contribution >= 0.6 is 0 Å². The van der Waals surface area contributed by atoms with Gasteiger partial charge >= 0.3 is 0 Å². The first kappa shape index (κ1) is 15.7. The van der Waals surface area contributed by atoms with Crippen LogP contribution in [0.4, 0.5) is 0 Å². The summed E-state index contributed by atoms with van der Waals surface area (Å²) in [6.45, 7) is 7.43. The van der Waals surface area contributed by atoms with Crippen molar-refractivity contribution in [2.45, 2.75) is 33.4 Å². The summed E-state index contributed by atoms with van der Waals surface area (Å²) >= 11 is 0. The summed E-state index contributed by atoms with van der Waals surface area (Å²) in [5, 5.41) is 3.98. The Labute approximate surface area is 126 Å². The lowest BCUT2D eigenvalue weighted by Crippen LogP contribution is -2.30. The lowest BCUT2D eigenvalue weighted by Gasteiger charge is -2.22. The van der Waals surface area contributed by atoms with E-state index in [2.05, 4.69) is 53.2 Å². The van der Waals surface area contributed by atoms with Crippen LogP contribution in [0.3, 0.4) is 0 Å². The molecule has 5 heteroatoms. The maximum Gasteiger partial charge on any atom is 0.240 e. The van der Waals surface area contributed by atoms with Crippen molar-refractivity contribution in [3.05, 3.63) is 47.6 Å². The zero-order valence-electron chi connectivity index (χ0n) is 12.8. The van der Waals surface area contributed by atoms with Gasteiger partial charge in [-0.25, -0.2) is 0 Å². The van der Waals surface area contributed by atoms with Crippen molar-refractivity contribution in [3.63, 3.8) is 0 Å². The molecule has 5 nitrogen and oxygen atoms in total. The number of rotatable bonds is 8. The van der Waals surface area contributed by atoms with Gasteiger partial charge in [-0.3, -0.25) is 4.90 Å². The van der Waals surface area contributed by atoms with Gasteiger partial charge in [0.15, 0.2) is 5.82 Å². The number of aromatic nitrogens is 2. The van der Waals surface area contributed by atoms with Crippen LogP contribution in [0.1, 0.15) is 31.1 Å². The predicted octanol–water partition coefficient (Wildman–Crippen LogP) is 2.23. The first-order valence-electron chi connectivity index (χ1n) is 7.45. The lowest BCUT2D eigenvalue weighted by molar-refractivity contribution is 0.230. The molecule has 0 unspecified atom stereocenters. The van der Waals surface area contributed by atoms with Gasteiger partial charge in [0.05, 0.1) is 13.1 Å². The van der Waals surface area contributed by atoms with E-state index < -0.39 is 0 Å². The van der Waals surface area contributed by atoms with Gasteiger partial charge in [-0.1, -0.05) is 49.3 Å². The van der Waals surface area contributed by atoms with Crippen molar-refractivity contribution in [1.82, 2.24) is 15.0 Å². The van der Waals surface area contributed by atoms with Crippen molar-refractivity contribution in [2.24, 2.45) is 11.7 Å². The zero-order valence-corrected chi connectivity index (χ0v) is 12.8. The Morgan fingerprint density at radius 2 is 2.00 bits per heavy atom. The van der Waals surface area contributed by atoms with Crippen LogP contribution < -0.4 is 5.73 Å². The molecule has 0 bridgehead atoms. The van der Waals surface area contributed by atoms with Gasteiger partial charge < -0.3 is 10.3 Å². The van der Waals surface area contributed by atoms with Crippen LogP contribution in [0.25, 0.3) is 0 Å². The second kappa shape index (κ2) is 7.90. The Hall–Kier alpha value is -1.72. The van der Waals surface area contributed by atoms with Crippen LogP contribution in [0.2, 0.25) is 0 Å². The number of hydrogen-bond acceptors (Lipinski definition) is 5. The molecule has 1 aromatic carbocycles. The lowest BCUT2D eigenvalue weighted by atomic mass is 10.1. The molecule has 0 aliphatic heterocycles. The number of hydrogen-bond donors (Lipinski definition) is 1. The Kier molecular flexibility index (Phi) is 5.90. The van der Waals surface area contributed by atoms with Gasteiger partial charge in [-0.05, 0) is 17.9 Å². The maximum absolute atomic E-state index is 5.50. The van der Waals surface area contributed by atoms with Gasteiger partial charge in [-0.2, -0.15) is 4.98 Å². The van der Waals surface area contributed by atoms with Gasteiger partial charge in [-0.15, -0.1) is 0 Å². The fourth-order valence-electron chi connectivity index (χ4n) is 2.32. The van der Waals surface area contributed by atoms with Crippen molar-refractivity contribution >= 4 is 0 Å². The van der Waals surface area contributed by atoms with E-state index in [1.165, 1.54) is 5.56 Å². The average molecular weight is 288 g/mol. The first-order valence-corrected chi connectivity index (χ1v) is 7.45. The predicted molar refractivity (Wildman–Crippen MR) is 82.5 cm³/mol. The molecule has 2 rings (SSSR count). The van der Waals surface area contributed by atoms with Crippen molar-refractivity contribution in [2.75, 3.05) is 13.1 Å². The Balaban J connectivity index is 1.93. The van der Waals surface area contributed by atoms with Crippen LogP contribution in [0.15, 0.2) is 34.9 Å². The summed E-state index contributed by atoms with van der Waals surface area (Å²) in [5.74, 6) is 1.81. The van der Waals surface area contributed by atoms with Gasteiger partial charge in [0.25, 0.3) is 0 Å². The summed E-state index contributed by atoms with van der Waals surface area (Å²) in [7, 11) is 0. The monoisotopic (exact) mass is 288 g/mol.